The van der Waals surface area contributed by atoms with Gasteiger partial charge >= 0.3 is 0 Å². The molecule has 1 saturated heterocycles. The van der Waals surface area contributed by atoms with Crippen LogP contribution in [0.3, 0.4) is 0 Å². The second-order valence-corrected chi connectivity index (χ2v) is 5.17. The van der Waals surface area contributed by atoms with Crippen molar-refractivity contribution in [2.75, 3.05) is 24.5 Å². The Labute approximate surface area is 105 Å². The molecule has 0 bridgehead atoms. The van der Waals surface area contributed by atoms with Crippen LogP contribution in [0.2, 0.25) is 0 Å². The van der Waals surface area contributed by atoms with E-state index in [4.69, 9.17) is 0 Å². The quantitative estimate of drug-likeness (QED) is 0.858. The Kier molecular flexibility index (Phi) is 4.06. The van der Waals surface area contributed by atoms with E-state index in [9.17, 15) is 0 Å². The Morgan fingerprint density at radius 3 is 2.82 bits per heavy atom. The molecule has 0 spiro atoms. The molecule has 1 aliphatic heterocycles. The van der Waals surface area contributed by atoms with Gasteiger partial charge in [0.05, 0.1) is 0 Å². The van der Waals surface area contributed by atoms with Crippen LogP contribution in [0, 0.1) is 12.8 Å². The van der Waals surface area contributed by atoms with Gasteiger partial charge in [0.2, 0.25) is 0 Å². The number of nitrogens with zero attached hydrogens (tertiary/aromatic N) is 1. The summed E-state index contributed by atoms with van der Waals surface area (Å²) in [6.45, 7) is 10.2. The van der Waals surface area contributed by atoms with Gasteiger partial charge in [0.25, 0.3) is 0 Å². The van der Waals surface area contributed by atoms with Gasteiger partial charge in [0.15, 0.2) is 0 Å². The van der Waals surface area contributed by atoms with Crippen LogP contribution >= 0.6 is 0 Å². The van der Waals surface area contributed by atoms with E-state index < -0.39 is 0 Å². The number of rotatable bonds is 4. The van der Waals surface area contributed by atoms with Gasteiger partial charge < -0.3 is 10.2 Å². The summed E-state index contributed by atoms with van der Waals surface area (Å²) in [5.41, 5.74) is 2.71. The lowest BCUT2D eigenvalue weighted by molar-refractivity contribution is 0.471. The van der Waals surface area contributed by atoms with Crippen LogP contribution < -0.4 is 10.2 Å². The van der Waals surface area contributed by atoms with Crippen molar-refractivity contribution in [3.05, 3.63) is 29.8 Å². The number of anilines is 1. The van der Waals surface area contributed by atoms with Gasteiger partial charge in [0, 0.05) is 24.8 Å². The smallest absolute Gasteiger partial charge is 0.0368 e. The zero-order valence-electron chi connectivity index (χ0n) is 11.2. The molecule has 17 heavy (non-hydrogen) atoms. The fourth-order valence-corrected chi connectivity index (χ4v) is 2.69. The average Bonchev–Trinajstić information content (AvgIpc) is 2.71. The molecule has 0 radical (unpaired) electrons. The second kappa shape index (κ2) is 5.54. The Bertz CT molecular complexity index is 362. The molecule has 0 amide bonds. The molecule has 1 heterocycles. The van der Waals surface area contributed by atoms with Gasteiger partial charge in [-0.1, -0.05) is 12.1 Å². The molecule has 0 aliphatic carbocycles. The van der Waals surface area contributed by atoms with Gasteiger partial charge in [-0.05, 0) is 57.4 Å². The van der Waals surface area contributed by atoms with E-state index in [1.54, 1.807) is 0 Å². The maximum Gasteiger partial charge on any atom is 0.0368 e. The summed E-state index contributed by atoms with van der Waals surface area (Å²) >= 11 is 0. The van der Waals surface area contributed by atoms with Gasteiger partial charge in [-0.3, -0.25) is 0 Å². The van der Waals surface area contributed by atoms with Crippen LogP contribution in [-0.2, 0) is 0 Å². The maximum absolute atomic E-state index is 3.54. The molecule has 1 aromatic rings. The molecule has 0 saturated carbocycles. The topological polar surface area (TPSA) is 15.3 Å². The van der Waals surface area contributed by atoms with Gasteiger partial charge in [-0.15, -0.1) is 0 Å². The Morgan fingerprint density at radius 1 is 1.41 bits per heavy atom. The second-order valence-electron chi connectivity index (χ2n) is 5.17. The first kappa shape index (κ1) is 12.4. The summed E-state index contributed by atoms with van der Waals surface area (Å²) in [5.74, 6) is 0.787. The summed E-state index contributed by atoms with van der Waals surface area (Å²) < 4.78 is 0. The normalized spacial score (nSPS) is 23.9. The summed E-state index contributed by atoms with van der Waals surface area (Å²) in [5, 5.41) is 3.54. The zero-order chi connectivity index (χ0) is 12.3. The van der Waals surface area contributed by atoms with Crippen molar-refractivity contribution < 1.29 is 0 Å². The first-order valence-corrected chi connectivity index (χ1v) is 6.75. The van der Waals surface area contributed by atoms with Crippen molar-refractivity contribution in [3.63, 3.8) is 0 Å². The highest BCUT2D eigenvalue weighted by Crippen LogP contribution is 2.21. The lowest BCUT2D eigenvalue weighted by Gasteiger charge is -2.28. The third-order valence-corrected chi connectivity index (χ3v) is 3.89. The van der Waals surface area contributed by atoms with Crippen LogP contribution in [0.15, 0.2) is 24.3 Å². The largest absolute Gasteiger partial charge is 0.371 e. The number of nitrogens with one attached hydrogen (secondary N) is 1. The predicted octanol–water partition coefficient (Wildman–Crippen LogP) is 2.82. The fourth-order valence-electron chi connectivity index (χ4n) is 2.69. The number of benzene rings is 1. The molecule has 1 aromatic carbocycles. The van der Waals surface area contributed by atoms with E-state index in [2.05, 4.69) is 55.3 Å². The van der Waals surface area contributed by atoms with Crippen LogP contribution in [0.5, 0.6) is 0 Å². The summed E-state index contributed by atoms with van der Waals surface area (Å²) in [7, 11) is 0. The molecule has 2 rings (SSSR count). The van der Waals surface area contributed by atoms with Crippen molar-refractivity contribution in [2.24, 2.45) is 5.92 Å². The van der Waals surface area contributed by atoms with E-state index in [1.807, 2.05) is 0 Å². The SMILES string of the molecule is CCN(CC1CCNC1C)c1cccc(C)c1. The summed E-state index contributed by atoms with van der Waals surface area (Å²) in [6.07, 6.45) is 1.31. The van der Waals surface area contributed by atoms with Crippen molar-refractivity contribution in [1.29, 1.82) is 0 Å². The summed E-state index contributed by atoms with van der Waals surface area (Å²) in [6, 6.07) is 9.50. The van der Waals surface area contributed by atoms with Crippen molar-refractivity contribution in [3.8, 4) is 0 Å². The van der Waals surface area contributed by atoms with Crippen LogP contribution in [-0.4, -0.2) is 25.7 Å². The first-order valence-electron chi connectivity index (χ1n) is 6.75. The molecule has 2 heteroatoms. The first-order chi connectivity index (χ1) is 8.20. The third-order valence-electron chi connectivity index (χ3n) is 3.89. The van der Waals surface area contributed by atoms with Crippen molar-refractivity contribution >= 4 is 5.69 Å². The minimum Gasteiger partial charge on any atom is -0.371 e. The van der Waals surface area contributed by atoms with E-state index in [0.717, 1.165) is 12.5 Å². The Hall–Kier alpha value is -1.02. The van der Waals surface area contributed by atoms with Gasteiger partial charge in [-0.2, -0.15) is 0 Å². The van der Waals surface area contributed by atoms with Crippen LogP contribution in [0.4, 0.5) is 5.69 Å². The molecule has 94 valence electrons. The van der Waals surface area contributed by atoms with Crippen LogP contribution in [0.25, 0.3) is 0 Å². The average molecular weight is 232 g/mol. The van der Waals surface area contributed by atoms with Crippen molar-refractivity contribution in [1.82, 2.24) is 5.32 Å². The molecule has 1 aliphatic rings. The molecule has 1 fully saturated rings. The van der Waals surface area contributed by atoms with Gasteiger partial charge in [-0.25, -0.2) is 0 Å². The minimum absolute atomic E-state index is 0.661. The third kappa shape index (κ3) is 3.01. The summed E-state index contributed by atoms with van der Waals surface area (Å²) in [4.78, 5) is 2.50. The standard InChI is InChI=1S/C15H24N2/c1-4-17(11-14-8-9-16-13(14)3)15-7-5-6-12(2)10-15/h5-7,10,13-14,16H,4,8-9,11H2,1-3H3. The maximum atomic E-state index is 3.54. The van der Waals surface area contributed by atoms with Crippen LogP contribution in [0.1, 0.15) is 25.8 Å². The monoisotopic (exact) mass is 232 g/mol. The zero-order valence-corrected chi connectivity index (χ0v) is 11.2. The molecule has 2 nitrogen and oxygen atoms in total. The van der Waals surface area contributed by atoms with E-state index in [-0.39, 0.29) is 0 Å². The van der Waals surface area contributed by atoms with E-state index >= 15 is 0 Å². The molecule has 2 atom stereocenters. The van der Waals surface area contributed by atoms with Crippen molar-refractivity contribution in [2.45, 2.75) is 33.2 Å². The number of hydrogen-bond acceptors (Lipinski definition) is 2. The lowest BCUT2D eigenvalue weighted by atomic mass is 10.0. The predicted molar refractivity (Wildman–Crippen MR) is 74.6 cm³/mol. The minimum atomic E-state index is 0.661. The molecule has 2 unspecified atom stereocenters. The molecule has 0 aromatic heterocycles. The number of aryl methyl sites for hydroxylation is 1. The highest BCUT2D eigenvalue weighted by Gasteiger charge is 2.24. The number of hydrogen-bond donors (Lipinski definition) is 1. The molecular weight excluding hydrogens is 208 g/mol. The lowest BCUT2D eigenvalue weighted by Crippen LogP contribution is -2.34. The fraction of sp³-hybridized carbons (Fsp3) is 0.600. The molecule has 1 N–H and O–H groups in total. The molecular formula is C15H24N2. The Balaban J connectivity index is 2.06. The van der Waals surface area contributed by atoms with E-state index in [0.29, 0.717) is 6.04 Å². The highest BCUT2D eigenvalue weighted by atomic mass is 15.1. The van der Waals surface area contributed by atoms with E-state index in [1.165, 1.54) is 30.8 Å². The highest BCUT2D eigenvalue weighted by molar-refractivity contribution is 5.48. The Morgan fingerprint density at radius 2 is 2.24 bits per heavy atom. The van der Waals surface area contributed by atoms with Gasteiger partial charge in [0.1, 0.15) is 0 Å².